The van der Waals surface area contributed by atoms with Gasteiger partial charge in [0, 0.05) is 39.6 Å². The number of halogens is 1. The monoisotopic (exact) mass is 452 g/mol. The second kappa shape index (κ2) is 10.5. The molecule has 0 aliphatic carbocycles. The summed E-state index contributed by atoms with van der Waals surface area (Å²) in [6.45, 7) is 5.95. The molecule has 33 heavy (non-hydrogen) atoms. The van der Waals surface area contributed by atoms with Crippen LogP contribution in [0.1, 0.15) is 12.5 Å². The fraction of sp³-hybridized carbons (Fsp3) is 0.360. The molecule has 1 atom stereocenters. The number of cyclic esters (lactones) is 1. The van der Waals surface area contributed by atoms with Crippen molar-refractivity contribution < 1.29 is 18.7 Å². The van der Waals surface area contributed by atoms with E-state index < -0.39 is 12.2 Å². The summed E-state index contributed by atoms with van der Waals surface area (Å²) in [6.07, 6.45) is 3.30. The van der Waals surface area contributed by atoms with E-state index in [1.165, 1.54) is 23.5 Å². The van der Waals surface area contributed by atoms with E-state index in [4.69, 9.17) is 4.74 Å². The molecule has 2 heterocycles. The van der Waals surface area contributed by atoms with Gasteiger partial charge in [0.05, 0.1) is 24.5 Å². The zero-order valence-corrected chi connectivity index (χ0v) is 18.7. The van der Waals surface area contributed by atoms with E-state index in [1.807, 2.05) is 23.1 Å². The van der Waals surface area contributed by atoms with E-state index >= 15 is 0 Å². The molecule has 4 rings (SSSR count). The van der Waals surface area contributed by atoms with E-state index in [0.717, 1.165) is 32.7 Å². The van der Waals surface area contributed by atoms with Crippen LogP contribution < -0.4 is 15.1 Å². The molecule has 1 N–H and O–H groups in total. The summed E-state index contributed by atoms with van der Waals surface area (Å²) < 4.78 is 20.2. The fourth-order valence-electron chi connectivity index (χ4n) is 4.09. The van der Waals surface area contributed by atoms with E-state index in [2.05, 4.69) is 34.5 Å². The minimum absolute atomic E-state index is 0.188. The number of amides is 2. The molecule has 174 valence electrons. The van der Waals surface area contributed by atoms with Gasteiger partial charge in [0.1, 0.15) is 11.9 Å². The highest BCUT2D eigenvalue weighted by molar-refractivity contribution is 5.90. The highest BCUT2D eigenvalue weighted by atomic mass is 19.1. The average molecular weight is 453 g/mol. The van der Waals surface area contributed by atoms with Crippen molar-refractivity contribution in [1.82, 2.24) is 10.2 Å². The molecule has 2 fully saturated rings. The number of anilines is 2. The van der Waals surface area contributed by atoms with Crippen molar-refractivity contribution in [2.45, 2.75) is 13.0 Å². The second-order valence-electron chi connectivity index (χ2n) is 8.29. The Bertz CT molecular complexity index is 1010. The minimum atomic E-state index is -0.533. The molecule has 2 aliphatic heterocycles. The summed E-state index contributed by atoms with van der Waals surface area (Å²) in [5.74, 6) is -0.546. The molecule has 8 heteroatoms. The van der Waals surface area contributed by atoms with E-state index in [9.17, 15) is 14.0 Å². The summed E-state index contributed by atoms with van der Waals surface area (Å²) in [5, 5.41) is 2.64. The van der Waals surface area contributed by atoms with Gasteiger partial charge < -0.3 is 15.0 Å². The van der Waals surface area contributed by atoms with Crippen molar-refractivity contribution >= 4 is 29.5 Å². The first-order chi connectivity index (χ1) is 16.0. The number of benzene rings is 2. The number of carbonyl (C=O) groups excluding carboxylic acids is 2. The number of ether oxygens (including phenoxy) is 1. The van der Waals surface area contributed by atoms with Gasteiger partial charge in [0.15, 0.2) is 0 Å². The van der Waals surface area contributed by atoms with Gasteiger partial charge in [-0.2, -0.15) is 0 Å². The molecule has 2 aromatic rings. The van der Waals surface area contributed by atoms with E-state index in [-0.39, 0.29) is 24.8 Å². The van der Waals surface area contributed by atoms with Gasteiger partial charge in [-0.1, -0.05) is 42.5 Å². The molecule has 2 amide bonds. The van der Waals surface area contributed by atoms with Crippen LogP contribution in [0.15, 0.2) is 54.6 Å². The Morgan fingerprint density at radius 2 is 1.91 bits per heavy atom. The quantitative estimate of drug-likeness (QED) is 0.699. The van der Waals surface area contributed by atoms with Crippen LogP contribution in [0.5, 0.6) is 0 Å². The molecule has 0 spiro atoms. The van der Waals surface area contributed by atoms with Gasteiger partial charge in [-0.25, -0.2) is 9.18 Å². The SMILES string of the molecule is CC(=O)NC[C@H]1CN(c2ccc(N3CCN(CC=Cc4ccccc4)CC3)c(F)c2)C(=O)O1. The van der Waals surface area contributed by atoms with Gasteiger partial charge in [0.2, 0.25) is 5.91 Å². The topological polar surface area (TPSA) is 65.1 Å². The van der Waals surface area contributed by atoms with Crippen LogP contribution in [0.25, 0.3) is 6.08 Å². The Kier molecular flexibility index (Phi) is 7.24. The van der Waals surface area contributed by atoms with Gasteiger partial charge in [-0.05, 0) is 23.8 Å². The Balaban J connectivity index is 1.30. The number of nitrogens with one attached hydrogen (secondary N) is 1. The first-order valence-electron chi connectivity index (χ1n) is 11.2. The minimum Gasteiger partial charge on any atom is -0.442 e. The molecule has 0 saturated carbocycles. The molecular weight excluding hydrogens is 423 g/mol. The number of hydrogen-bond acceptors (Lipinski definition) is 5. The Labute approximate surface area is 193 Å². The molecule has 0 unspecified atom stereocenters. The van der Waals surface area contributed by atoms with Crippen LogP contribution in [0.2, 0.25) is 0 Å². The van der Waals surface area contributed by atoms with Crippen molar-refractivity contribution in [1.29, 1.82) is 0 Å². The maximum atomic E-state index is 15.0. The summed E-state index contributed by atoms with van der Waals surface area (Å²) in [4.78, 5) is 29.0. The third kappa shape index (κ3) is 5.90. The average Bonchev–Trinajstić information content (AvgIpc) is 3.19. The zero-order valence-electron chi connectivity index (χ0n) is 18.7. The normalized spacial score (nSPS) is 19.2. The van der Waals surface area contributed by atoms with Crippen LogP contribution in [-0.4, -0.2) is 68.8 Å². The number of hydrogen-bond donors (Lipinski definition) is 1. The number of nitrogens with zero attached hydrogens (tertiary/aromatic N) is 3. The third-order valence-electron chi connectivity index (χ3n) is 5.88. The molecule has 0 radical (unpaired) electrons. The van der Waals surface area contributed by atoms with Crippen molar-refractivity contribution in [3.05, 3.63) is 66.0 Å². The molecule has 7 nitrogen and oxygen atoms in total. The molecule has 2 aliphatic rings. The Hall–Kier alpha value is -3.39. The smallest absolute Gasteiger partial charge is 0.414 e. The maximum Gasteiger partial charge on any atom is 0.414 e. The number of rotatable bonds is 7. The van der Waals surface area contributed by atoms with Crippen molar-refractivity contribution in [2.75, 3.05) is 55.6 Å². The third-order valence-corrected chi connectivity index (χ3v) is 5.88. The summed E-state index contributed by atoms with van der Waals surface area (Å²) in [7, 11) is 0. The Morgan fingerprint density at radius 3 is 2.61 bits per heavy atom. The molecule has 2 aromatic carbocycles. The second-order valence-corrected chi connectivity index (χ2v) is 8.29. The maximum absolute atomic E-state index is 15.0. The summed E-state index contributed by atoms with van der Waals surface area (Å²) in [6, 6.07) is 15.1. The standard InChI is InChI=1S/C25H29FN4O3/c1-19(31)27-17-22-18-30(25(32)33-22)21-9-10-24(23(26)16-21)29-14-12-28(13-15-29)11-5-8-20-6-3-2-4-7-20/h2-10,16,22H,11-15,17-18H2,1H3,(H,27,31)/t22-/m0/s1. The fourth-order valence-corrected chi connectivity index (χ4v) is 4.09. The number of piperazine rings is 1. The highest BCUT2D eigenvalue weighted by Crippen LogP contribution is 2.28. The summed E-state index contributed by atoms with van der Waals surface area (Å²) >= 11 is 0. The lowest BCUT2D eigenvalue weighted by molar-refractivity contribution is -0.119. The van der Waals surface area contributed by atoms with Crippen LogP contribution in [0.4, 0.5) is 20.6 Å². The van der Waals surface area contributed by atoms with Crippen molar-refractivity contribution in [3.8, 4) is 0 Å². The van der Waals surface area contributed by atoms with Crippen molar-refractivity contribution in [2.24, 2.45) is 0 Å². The molecule has 2 saturated heterocycles. The van der Waals surface area contributed by atoms with Crippen LogP contribution in [0.3, 0.4) is 0 Å². The lowest BCUT2D eigenvalue weighted by Crippen LogP contribution is -2.46. The molecule has 0 bridgehead atoms. The lowest BCUT2D eigenvalue weighted by atomic mass is 10.2. The lowest BCUT2D eigenvalue weighted by Gasteiger charge is -2.35. The Morgan fingerprint density at radius 1 is 1.15 bits per heavy atom. The van der Waals surface area contributed by atoms with Crippen LogP contribution in [-0.2, 0) is 9.53 Å². The summed E-state index contributed by atoms with van der Waals surface area (Å²) in [5.41, 5.74) is 2.18. The van der Waals surface area contributed by atoms with Gasteiger partial charge in [-0.3, -0.25) is 14.6 Å². The first kappa shape index (κ1) is 22.8. The van der Waals surface area contributed by atoms with Gasteiger partial charge in [0.25, 0.3) is 0 Å². The van der Waals surface area contributed by atoms with Crippen LogP contribution >= 0.6 is 0 Å². The largest absolute Gasteiger partial charge is 0.442 e. The molecular formula is C25H29FN4O3. The molecule has 0 aromatic heterocycles. The van der Waals surface area contributed by atoms with Gasteiger partial charge in [-0.15, -0.1) is 0 Å². The number of carbonyl (C=O) groups is 2. The van der Waals surface area contributed by atoms with Crippen molar-refractivity contribution in [3.63, 3.8) is 0 Å². The zero-order chi connectivity index (χ0) is 23.2. The first-order valence-corrected chi connectivity index (χ1v) is 11.2. The van der Waals surface area contributed by atoms with E-state index in [1.54, 1.807) is 12.1 Å². The highest BCUT2D eigenvalue weighted by Gasteiger charge is 2.33. The van der Waals surface area contributed by atoms with Crippen LogP contribution in [0, 0.1) is 5.82 Å². The predicted octanol–water partition coefficient (Wildman–Crippen LogP) is 3.12. The van der Waals surface area contributed by atoms with Gasteiger partial charge >= 0.3 is 6.09 Å². The predicted molar refractivity (Wildman–Crippen MR) is 127 cm³/mol. The van der Waals surface area contributed by atoms with E-state index in [0.29, 0.717) is 11.4 Å².